The average Bonchev–Trinajstić information content (AvgIpc) is 2.78. The van der Waals surface area contributed by atoms with Crippen molar-refractivity contribution in [2.45, 2.75) is 12.8 Å². The van der Waals surface area contributed by atoms with Gasteiger partial charge in [0.15, 0.2) is 0 Å². The summed E-state index contributed by atoms with van der Waals surface area (Å²) in [5.74, 6) is 0.0117. The monoisotopic (exact) mass is 247 g/mol. The lowest BCUT2D eigenvalue weighted by Gasteiger charge is -2.03. The first-order valence-corrected chi connectivity index (χ1v) is 6.02. The molecule has 1 aromatic heterocycles. The van der Waals surface area contributed by atoms with E-state index >= 15 is 0 Å². The maximum atomic E-state index is 11.7. The largest absolute Gasteiger partial charge is 0.464 e. The van der Waals surface area contributed by atoms with Gasteiger partial charge in [0.05, 0.1) is 12.7 Å². The molecule has 4 nitrogen and oxygen atoms in total. The number of hydrogen-bond acceptors (Lipinski definition) is 3. The number of para-hydroxylation sites is 1. The molecule has 0 atom stereocenters. The van der Waals surface area contributed by atoms with Gasteiger partial charge in [0.2, 0.25) is 5.91 Å². The summed E-state index contributed by atoms with van der Waals surface area (Å²) in [6.45, 7) is 1.30. The highest BCUT2D eigenvalue weighted by Crippen LogP contribution is 2.20. The minimum absolute atomic E-state index is 0.0117. The van der Waals surface area contributed by atoms with Crippen LogP contribution in [0.1, 0.15) is 12.0 Å². The lowest BCUT2D eigenvalue weighted by atomic mass is 10.1. The summed E-state index contributed by atoms with van der Waals surface area (Å²) in [5, 5.41) is 3.86. The van der Waals surface area contributed by atoms with E-state index in [1.54, 1.807) is 13.4 Å². The molecular formula is C14H17NO3. The highest BCUT2D eigenvalue weighted by atomic mass is 16.5. The Morgan fingerprint density at radius 1 is 1.39 bits per heavy atom. The number of methoxy groups -OCH3 is 1. The number of rotatable bonds is 6. The molecule has 0 aliphatic rings. The second-order valence-corrected chi connectivity index (χ2v) is 4.13. The molecule has 0 aliphatic carbocycles. The Bertz CT molecular complexity index is 518. The maximum Gasteiger partial charge on any atom is 0.224 e. The quantitative estimate of drug-likeness (QED) is 0.795. The Morgan fingerprint density at radius 3 is 3.06 bits per heavy atom. The number of amides is 1. The molecule has 2 rings (SSSR count). The van der Waals surface area contributed by atoms with E-state index in [0.29, 0.717) is 19.6 Å². The molecule has 1 heterocycles. The SMILES string of the molecule is COCCCNC(=O)Cc1coc2ccccc12. The molecule has 0 spiro atoms. The van der Waals surface area contributed by atoms with Crippen LogP contribution >= 0.6 is 0 Å². The Labute approximate surface area is 106 Å². The normalized spacial score (nSPS) is 10.7. The standard InChI is InChI=1S/C14H17NO3/c1-17-8-4-7-15-14(16)9-11-10-18-13-6-3-2-5-12(11)13/h2-3,5-6,10H,4,7-9H2,1H3,(H,15,16). The molecule has 1 amide bonds. The van der Waals surface area contributed by atoms with Crippen LogP contribution in [0.3, 0.4) is 0 Å². The van der Waals surface area contributed by atoms with Crippen LogP contribution in [0, 0.1) is 0 Å². The van der Waals surface area contributed by atoms with Gasteiger partial charge in [-0.2, -0.15) is 0 Å². The smallest absolute Gasteiger partial charge is 0.224 e. The number of nitrogens with one attached hydrogen (secondary N) is 1. The van der Waals surface area contributed by atoms with Crippen LogP contribution in [-0.4, -0.2) is 26.2 Å². The number of carbonyl (C=O) groups is 1. The van der Waals surface area contributed by atoms with E-state index in [4.69, 9.17) is 9.15 Å². The van der Waals surface area contributed by atoms with Crippen molar-refractivity contribution in [1.29, 1.82) is 0 Å². The molecule has 0 fully saturated rings. The number of ether oxygens (including phenoxy) is 1. The topological polar surface area (TPSA) is 51.5 Å². The Morgan fingerprint density at radius 2 is 2.22 bits per heavy atom. The molecule has 0 aliphatic heterocycles. The van der Waals surface area contributed by atoms with Crippen molar-refractivity contribution in [1.82, 2.24) is 5.32 Å². The van der Waals surface area contributed by atoms with Crippen molar-refractivity contribution in [3.05, 3.63) is 36.1 Å². The van der Waals surface area contributed by atoms with Crippen LogP contribution in [0.15, 0.2) is 34.9 Å². The van der Waals surface area contributed by atoms with Crippen LogP contribution in [-0.2, 0) is 16.0 Å². The highest BCUT2D eigenvalue weighted by molar-refractivity contribution is 5.87. The molecule has 18 heavy (non-hydrogen) atoms. The van der Waals surface area contributed by atoms with Gasteiger partial charge in [-0.15, -0.1) is 0 Å². The first-order valence-electron chi connectivity index (χ1n) is 6.02. The Balaban J connectivity index is 1.91. The van der Waals surface area contributed by atoms with Gasteiger partial charge in [-0.25, -0.2) is 0 Å². The Hall–Kier alpha value is -1.81. The minimum Gasteiger partial charge on any atom is -0.464 e. The van der Waals surface area contributed by atoms with Gasteiger partial charge in [-0.05, 0) is 12.5 Å². The van der Waals surface area contributed by atoms with Gasteiger partial charge in [0.25, 0.3) is 0 Å². The van der Waals surface area contributed by atoms with Crippen molar-refractivity contribution < 1.29 is 13.9 Å². The molecule has 1 N–H and O–H groups in total. The van der Waals surface area contributed by atoms with Crippen LogP contribution < -0.4 is 5.32 Å². The zero-order chi connectivity index (χ0) is 12.8. The predicted molar refractivity (Wildman–Crippen MR) is 69.4 cm³/mol. The van der Waals surface area contributed by atoms with E-state index in [9.17, 15) is 4.79 Å². The van der Waals surface area contributed by atoms with E-state index < -0.39 is 0 Å². The minimum atomic E-state index is 0.0117. The number of furan rings is 1. The molecular weight excluding hydrogens is 230 g/mol. The number of benzene rings is 1. The number of fused-ring (bicyclic) bond motifs is 1. The molecule has 0 bridgehead atoms. The van der Waals surface area contributed by atoms with E-state index in [1.807, 2.05) is 24.3 Å². The van der Waals surface area contributed by atoms with E-state index in [1.165, 1.54) is 0 Å². The van der Waals surface area contributed by atoms with Crippen molar-refractivity contribution in [3.8, 4) is 0 Å². The fourth-order valence-corrected chi connectivity index (χ4v) is 1.85. The van der Waals surface area contributed by atoms with Gasteiger partial charge in [0, 0.05) is 31.2 Å². The third-order valence-corrected chi connectivity index (χ3v) is 2.76. The van der Waals surface area contributed by atoms with E-state index in [2.05, 4.69) is 5.32 Å². The molecule has 2 aromatic rings. The predicted octanol–water partition coefficient (Wildman–Crippen LogP) is 2.13. The van der Waals surface area contributed by atoms with Crippen LogP contribution in [0.4, 0.5) is 0 Å². The van der Waals surface area contributed by atoms with Gasteiger partial charge in [-0.1, -0.05) is 18.2 Å². The summed E-state index contributed by atoms with van der Waals surface area (Å²) in [7, 11) is 1.65. The molecule has 0 saturated heterocycles. The van der Waals surface area contributed by atoms with Crippen molar-refractivity contribution in [3.63, 3.8) is 0 Å². The summed E-state index contributed by atoms with van der Waals surface area (Å²) in [6, 6.07) is 7.72. The first kappa shape index (κ1) is 12.6. The molecule has 1 aromatic carbocycles. The maximum absolute atomic E-state index is 11.7. The van der Waals surface area contributed by atoms with Gasteiger partial charge in [0.1, 0.15) is 5.58 Å². The van der Waals surface area contributed by atoms with Crippen molar-refractivity contribution in [2.75, 3.05) is 20.3 Å². The first-order chi connectivity index (χ1) is 8.81. The van der Waals surface area contributed by atoms with Gasteiger partial charge < -0.3 is 14.5 Å². The lowest BCUT2D eigenvalue weighted by molar-refractivity contribution is -0.120. The fraction of sp³-hybridized carbons (Fsp3) is 0.357. The summed E-state index contributed by atoms with van der Waals surface area (Å²) in [6.07, 6.45) is 2.83. The summed E-state index contributed by atoms with van der Waals surface area (Å²) >= 11 is 0. The third kappa shape index (κ3) is 3.11. The average molecular weight is 247 g/mol. The van der Waals surface area contributed by atoms with Crippen LogP contribution in [0.5, 0.6) is 0 Å². The number of hydrogen-bond donors (Lipinski definition) is 1. The number of carbonyl (C=O) groups excluding carboxylic acids is 1. The Kier molecular flexibility index (Phi) is 4.36. The van der Waals surface area contributed by atoms with Gasteiger partial charge in [-0.3, -0.25) is 4.79 Å². The lowest BCUT2D eigenvalue weighted by Crippen LogP contribution is -2.26. The molecule has 96 valence electrons. The van der Waals surface area contributed by atoms with Crippen LogP contribution in [0.25, 0.3) is 11.0 Å². The summed E-state index contributed by atoms with van der Waals surface area (Å²) < 4.78 is 10.3. The molecule has 0 saturated carbocycles. The van der Waals surface area contributed by atoms with Crippen LogP contribution in [0.2, 0.25) is 0 Å². The zero-order valence-electron chi connectivity index (χ0n) is 10.4. The second-order valence-electron chi connectivity index (χ2n) is 4.13. The third-order valence-electron chi connectivity index (χ3n) is 2.76. The van der Waals surface area contributed by atoms with E-state index in [-0.39, 0.29) is 5.91 Å². The molecule has 0 unspecified atom stereocenters. The van der Waals surface area contributed by atoms with Crippen molar-refractivity contribution in [2.24, 2.45) is 0 Å². The summed E-state index contributed by atoms with van der Waals surface area (Å²) in [4.78, 5) is 11.7. The molecule has 0 radical (unpaired) electrons. The molecule has 4 heteroatoms. The van der Waals surface area contributed by atoms with Crippen molar-refractivity contribution >= 4 is 16.9 Å². The summed E-state index contributed by atoms with van der Waals surface area (Å²) in [5.41, 5.74) is 1.74. The van der Waals surface area contributed by atoms with Gasteiger partial charge >= 0.3 is 0 Å². The van der Waals surface area contributed by atoms with E-state index in [0.717, 1.165) is 23.0 Å². The second kappa shape index (κ2) is 6.21. The highest BCUT2D eigenvalue weighted by Gasteiger charge is 2.09. The fourth-order valence-electron chi connectivity index (χ4n) is 1.85. The zero-order valence-corrected chi connectivity index (χ0v) is 10.4.